The summed E-state index contributed by atoms with van der Waals surface area (Å²) in [5.74, 6) is 1.10. The van der Waals surface area contributed by atoms with Crippen LogP contribution in [0.15, 0.2) is 24.3 Å². The van der Waals surface area contributed by atoms with Crippen molar-refractivity contribution in [3.63, 3.8) is 0 Å². The van der Waals surface area contributed by atoms with E-state index in [0.717, 1.165) is 24.3 Å². The van der Waals surface area contributed by atoms with Crippen molar-refractivity contribution in [2.45, 2.75) is 56.5 Å². The van der Waals surface area contributed by atoms with Gasteiger partial charge in [-0.2, -0.15) is 0 Å². The van der Waals surface area contributed by atoms with Crippen LogP contribution < -0.4 is 5.73 Å². The Morgan fingerprint density at radius 3 is 2.16 bits per heavy atom. The van der Waals surface area contributed by atoms with Gasteiger partial charge in [0.15, 0.2) is 0 Å². The lowest BCUT2D eigenvalue weighted by Gasteiger charge is -2.28. The van der Waals surface area contributed by atoms with Gasteiger partial charge in [-0.25, -0.2) is 0 Å². The van der Waals surface area contributed by atoms with Crippen LogP contribution in [0.5, 0.6) is 0 Å². The monoisotopic (exact) mass is 259 g/mol. The highest BCUT2D eigenvalue weighted by Gasteiger charge is 2.43. The maximum atomic E-state index is 10.7. The first-order valence-corrected chi connectivity index (χ1v) is 7.77. The van der Waals surface area contributed by atoms with E-state index in [1.54, 1.807) is 0 Å². The molecule has 1 atom stereocenters. The van der Waals surface area contributed by atoms with Crippen molar-refractivity contribution in [3.8, 4) is 0 Å². The Morgan fingerprint density at radius 2 is 1.63 bits per heavy atom. The van der Waals surface area contributed by atoms with Crippen LogP contribution in [-0.4, -0.2) is 11.7 Å². The van der Waals surface area contributed by atoms with Crippen molar-refractivity contribution in [2.24, 2.45) is 11.7 Å². The average Bonchev–Trinajstić information content (AvgIpc) is 3.33. The van der Waals surface area contributed by atoms with E-state index >= 15 is 0 Å². The van der Waals surface area contributed by atoms with Crippen molar-refractivity contribution in [1.29, 1.82) is 0 Å². The third-order valence-electron chi connectivity index (χ3n) is 5.05. The maximum Gasteiger partial charge on any atom is 0.105 e. The summed E-state index contributed by atoms with van der Waals surface area (Å²) in [6.45, 7) is 0.334. The van der Waals surface area contributed by atoms with Gasteiger partial charge in [-0.1, -0.05) is 43.5 Å². The van der Waals surface area contributed by atoms with E-state index in [2.05, 4.69) is 24.3 Å². The molecular weight excluding hydrogens is 234 g/mol. The SMILES string of the molecule is NCC(O)(c1ccc(C2CCCCC2)cc1)C1CC1. The average molecular weight is 259 g/mol. The number of hydrogen-bond acceptors (Lipinski definition) is 2. The zero-order valence-corrected chi connectivity index (χ0v) is 11.6. The van der Waals surface area contributed by atoms with E-state index in [1.165, 1.54) is 37.7 Å². The van der Waals surface area contributed by atoms with Gasteiger partial charge in [0.1, 0.15) is 5.60 Å². The van der Waals surface area contributed by atoms with Gasteiger partial charge in [-0.15, -0.1) is 0 Å². The fourth-order valence-corrected chi connectivity index (χ4v) is 3.56. The van der Waals surface area contributed by atoms with E-state index in [1.807, 2.05) is 0 Å². The van der Waals surface area contributed by atoms with Gasteiger partial charge in [0.25, 0.3) is 0 Å². The van der Waals surface area contributed by atoms with E-state index < -0.39 is 5.60 Å². The van der Waals surface area contributed by atoms with Gasteiger partial charge in [0.2, 0.25) is 0 Å². The van der Waals surface area contributed by atoms with Gasteiger partial charge in [0, 0.05) is 6.54 Å². The van der Waals surface area contributed by atoms with Gasteiger partial charge < -0.3 is 10.8 Å². The Hall–Kier alpha value is -0.860. The second-order valence-electron chi connectivity index (χ2n) is 6.36. The predicted molar refractivity (Wildman–Crippen MR) is 77.9 cm³/mol. The summed E-state index contributed by atoms with van der Waals surface area (Å²) < 4.78 is 0. The normalized spacial score (nSPS) is 24.1. The zero-order valence-electron chi connectivity index (χ0n) is 11.6. The highest BCUT2D eigenvalue weighted by molar-refractivity contribution is 5.31. The summed E-state index contributed by atoms with van der Waals surface area (Å²) in [6, 6.07) is 8.65. The van der Waals surface area contributed by atoms with Crippen molar-refractivity contribution < 1.29 is 5.11 Å². The Morgan fingerprint density at radius 1 is 1.00 bits per heavy atom. The van der Waals surface area contributed by atoms with E-state index in [9.17, 15) is 5.11 Å². The molecule has 1 aromatic carbocycles. The summed E-state index contributed by atoms with van der Waals surface area (Å²) >= 11 is 0. The van der Waals surface area contributed by atoms with Crippen molar-refractivity contribution in [2.75, 3.05) is 6.54 Å². The van der Waals surface area contributed by atoms with Crippen LogP contribution in [0.1, 0.15) is 62.0 Å². The molecule has 0 saturated heterocycles. The number of nitrogens with two attached hydrogens (primary N) is 1. The Kier molecular flexibility index (Phi) is 3.64. The summed E-state index contributed by atoms with van der Waals surface area (Å²) in [4.78, 5) is 0. The molecule has 0 aliphatic heterocycles. The molecule has 3 rings (SSSR count). The first-order chi connectivity index (χ1) is 9.24. The smallest absolute Gasteiger partial charge is 0.105 e. The molecule has 3 N–H and O–H groups in total. The number of rotatable bonds is 4. The molecule has 2 heteroatoms. The molecule has 0 heterocycles. The summed E-state index contributed by atoms with van der Waals surface area (Å²) in [5.41, 5.74) is 7.48. The van der Waals surface area contributed by atoms with Crippen molar-refractivity contribution >= 4 is 0 Å². The largest absolute Gasteiger partial charge is 0.384 e. The van der Waals surface area contributed by atoms with Crippen molar-refractivity contribution in [3.05, 3.63) is 35.4 Å². The molecular formula is C17H25NO. The summed E-state index contributed by atoms with van der Waals surface area (Å²) in [6.07, 6.45) is 8.98. The molecule has 2 aliphatic rings. The van der Waals surface area contributed by atoms with Crippen LogP contribution >= 0.6 is 0 Å². The Bertz CT molecular complexity index is 417. The van der Waals surface area contributed by atoms with Crippen LogP contribution in [0.4, 0.5) is 0 Å². The number of aliphatic hydroxyl groups is 1. The lowest BCUT2D eigenvalue weighted by molar-refractivity contribution is 0.0222. The molecule has 0 spiro atoms. The third-order valence-corrected chi connectivity index (χ3v) is 5.05. The second-order valence-corrected chi connectivity index (χ2v) is 6.36. The van der Waals surface area contributed by atoms with Crippen molar-refractivity contribution in [1.82, 2.24) is 0 Å². The highest BCUT2D eigenvalue weighted by Crippen LogP contribution is 2.45. The first-order valence-electron chi connectivity index (χ1n) is 7.77. The Balaban J connectivity index is 1.77. The molecule has 104 valence electrons. The van der Waals surface area contributed by atoms with Gasteiger partial charge in [0.05, 0.1) is 0 Å². The minimum absolute atomic E-state index is 0.334. The highest BCUT2D eigenvalue weighted by atomic mass is 16.3. The van der Waals surface area contributed by atoms with Gasteiger partial charge >= 0.3 is 0 Å². The van der Waals surface area contributed by atoms with E-state index in [4.69, 9.17) is 5.73 Å². The minimum atomic E-state index is -0.787. The molecule has 2 aliphatic carbocycles. The molecule has 19 heavy (non-hydrogen) atoms. The maximum absolute atomic E-state index is 10.7. The molecule has 0 bridgehead atoms. The van der Waals surface area contributed by atoms with Crippen LogP contribution in [-0.2, 0) is 5.60 Å². The van der Waals surface area contributed by atoms with Gasteiger partial charge in [-0.05, 0) is 48.6 Å². The molecule has 0 amide bonds. The minimum Gasteiger partial charge on any atom is -0.384 e. The Labute approximate surface area is 116 Å². The summed E-state index contributed by atoms with van der Waals surface area (Å²) in [7, 11) is 0. The second kappa shape index (κ2) is 5.26. The quantitative estimate of drug-likeness (QED) is 0.871. The number of benzene rings is 1. The zero-order chi connectivity index (χ0) is 13.3. The summed E-state index contributed by atoms with van der Waals surface area (Å²) in [5, 5.41) is 10.7. The lowest BCUT2D eigenvalue weighted by atomic mass is 9.82. The molecule has 1 unspecified atom stereocenters. The fourth-order valence-electron chi connectivity index (χ4n) is 3.56. The van der Waals surface area contributed by atoms with E-state index in [-0.39, 0.29) is 0 Å². The lowest BCUT2D eigenvalue weighted by Crippen LogP contribution is -2.37. The molecule has 0 radical (unpaired) electrons. The molecule has 2 fully saturated rings. The number of hydrogen-bond donors (Lipinski definition) is 2. The standard InChI is InChI=1S/C17H25NO/c18-12-17(19,16-10-11-16)15-8-6-14(7-9-15)13-4-2-1-3-5-13/h6-9,13,16,19H,1-5,10-12,18H2. The molecule has 0 aromatic heterocycles. The van der Waals surface area contributed by atoms with Gasteiger partial charge in [-0.3, -0.25) is 0 Å². The topological polar surface area (TPSA) is 46.2 Å². The van der Waals surface area contributed by atoms with Crippen LogP contribution in [0.2, 0.25) is 0 Å². The molecule has 2 nitrogen and oxygen atoms in total. The molecule has 1 aromatic rings. The predicted octanol–water partition coefficient (Wildman–Crippen LogP) is 3.29. The fraction of sp³-hybridized carbons (Fsp3) is 0.647. The van der Waals surface area contributed by atoms with Crippen LogP contribution in [0.25, 0.3) is 0 Å². The third kappa shape index (κ3) is 2.56. The first kappa shape index (κ1) is 13.1. The van der Waals surface area contributed by atoms with E-state index in [0.29, 0.717) is 12.5 Å². The molecule has 2 saturated carbocycles. The van der Waals surface area contributed by atoms with Crippen LogP contribution in [0, 0.1) is 5.92 Å². The van der Waals surface area contributed by atoms with Crippen LogP contribution in [0.3, 0.4) is 0 Å².